The molecule has 1 aliphatic carbocycles. The zero-order chi connectivity index (χ0) is 20.9. The van der Waals surface area contributed by atoms with Crippen molar-refractivity contribution in [1.29, 1.82) is 0 Å². The molecule has 0 saturated heterocycles. The number of anilines is 1. The Hall–Kier alpha value is -3.70. The Kier molecular flexibility index (Phi) is 5.72. The number of hydrogen-bond donors (Lipinski definition) is 2. The van der Waals surface area contributed by atoms with Gasteiger partial charge in [0.1, 0.15) is 0 Å². The van der Waals surface area contributed by atoms with E-state index < -0.39 is 5.97 Å². The van der Waals surface area contributed by atoms with Crippen LogP contribution in [0.1, 0.15) is 22.5 Å². The predicted molar refractivity (Wildman–Crippen MR) is 121 cm³/mol. The van der Waals surface area contributed by atoms with E-state index in [4.69, 9.17) is 11.6 Å². The summed E-state index contributed by atoms with van der Waals surface area (Å²) in [5.41, 5.74) is 3.49. The van der Waals surface area contributed by atoms with E-state index in [1.165, 1.54) is 0 Å². The zero-order valence-electron chi connectivity index (χ0n) is 15.9. The number of allylic oxidation sites excluding steroid dienone is 4. The summed E-state index contributed by atoms with van der Waals surface area (Å²) < 4.78 is 0. The van der Waals surface area contributed by atoms with Crippen molar-refractivity contribution in [2.24, 2.45) is 4.99 Å². The minimum Gasteiger partial charge on any atom is -0.478 e. The van der Waals surface area contributed by atoms with Crippen LogP contribution < -0.4 is 5.32 Å². The highest BCUT2D eigenvalue weighted by atomic mass is 35.5. The number of nitrogens with one attached hydrogen (secondary N) is 1. The molecule has 2 aromatic carbocycles. The Morgan fingerprint density at radius 3 is 2.77 bits per heavy atom. The van der Waals surface area contributed by atoms with E-state index in [1.54, 1.807) is 36.6 Å². The van der Waals surface area contributed by atoms with E-state index in [1.807, 2.05) is 48.6 Å². The van der Waals surface area contributed by atoms with E-state index in [9.17, 15) is 9.90 Å². The highest BCUT2D eigenvalue weighted by molar-refractivity contribution is 6.29. The molecule has 0 atom stereocenters. The largest absolute Gasteiger partial charge is 0.478 e. The van der Waals surface area contributed by atoms with Crippen molar-refractivity contribution in [3.63, 3.8) is 0 Å². The third-order valence-corrected chi connectivity index (χ3v) is 4.81. The van der Waals surface area contributed by atoms with Crippen molar-refractivity contribution < 1.29 is 9.90 Å². The molecule has 1 heterocycles. The molecule has 0 unspecified atom stereocenters. The van der Waals surface area contributed by atoms with E-state index in [-0.39, 0.29) is 5.56 Å². The molecule has 0 amide bonds. The first-order valence-electron chi connectivity index (χ1n) is 9.36. The molecule has 3 aromatic rings. The molecule has 0 spiro atoms. The second-order valence-corrected chi connectivity index (χ2v) is 7.14. The van der Waals surface area contributed by atoms with E-state index in [2.05, 4.69) is 15.3 Å². The molecule has 6 heteroatoms. The number of halogens is 1. The number of carbonyl (C=O) groups is 1. The second kappa shape index (κ2) is 8.76. The first kappa shape index (κ1) is 19.6. The third-order valence-electron chi connectivity index (χ3n) is 4.55. The summed E-state index contributed by atoms with van der Waals surface area (Å²) in [6, 6.07) is 18.5. The Balaban J connectivity index is 1.71. The van der Waals surface area contributed by atoms with Gasteiger partial charge in [-0.05, 0) is 36.4 Å². The maximum atomic E-state index is 11.5. The number of aliphatic imine (C=N–C) groups is 1. The molecular formula is C24H18ClN3O2. The number of fused-ring (bicyclic) bond motifs is 1. The lowest BCUT2D eigenvalue weighted by Crippen LogP contribution is -2.06. The highest BCUT2D eigenvalue weighted by Gasteiger charge is 2.12. The Labute approximate surface area is 178 Å². The standard InChI is InChI=1S/C24H18ClN3O2/c25-17-7-5-11-22(28-21-10-4-2-8-19(21)24(29)30)23(14-17)26-15-18-13-12-16-6-1-3-9-20(16)27-18/h1-6,8-15,28H,7H2,(H,29,30). The van der Waals surface area contributed by atoms with Gasteiger partial charge in [-0.2, -0.15) is 0 Å². The fourth-order valence-electron chi connectivity index (χ4n) is 3.09. The number of hydrogen-bond acceptors (Lipinski definition) is 4. The summed E-state index contributed by atoms with van der Waals surface area (Å²) >= 11 is 6.29. The van der Waals surface area contributed by atoms with Gasteiger partial charge in [0.05, 0.1) is 40.1 Å². The van der Waals surface area contributed by atoms with Gasteiger partial charge in [-0.15, -0.1) is 0 Å². The topological polar surface area (TPSA) is 74.6 Å². The third kappa shape index (κ3) is 4.47. The van der Waals surface area contributed by atoms with Crippen LogP contribution in [0.3, 0.4) is 0 Å². The molecule has 0 aliphatic heterocycles. The van der Waals surface area contributed by atoms with E-state index in [0.717, 1.165) is 10.9 Å². The van der Waals surface area contributed by atoms with Crippen molar-refractivity contribution in [2.75, 3.05) is 5.32 Å². The molecule has 2 N–H and O–H groups in total. The lowest BCUT2D eigenvalue weighted by atomic mass is 10.1. The van der Waals surface area contributed by atoms with Crippen molar-refractivity contribution in [1.82, 2.24) is 4.98 Å². The van der Waals surface area contributed by atoms with Crippen LogP contribution in [0.2, 0.25) is 0 Å². The molecule has 4 rings (SSSR count). The molecule has 5 nitrogen and oxygen atoms in total. The maximum absolute atomic E-state index is 11.5. The summed E-state index contributed by atoms with van der Waals surface area (Å²) in [5, 5.41) is 14.3. The van der Waals surface area contributed by atoms with Crippen LogP contribution in [0.25, 0.3) is 10.9 Å². The summed E-state index contributed by atoms with van der Waals surface area (Å²) in [6.45, 7) is 0. The lowest BCUT2D eigenvalue weighted by Gasteiger charge is -2.11. The molecule has 0 saturated carbocycles. The van der Waals surface area contributed by atoms with Gasteiger partial charge in [-0.1, -0.05) is 54.1 Å². The van der Waals surface area contributed by atoms with Gasteiger partial charge in [-0.3, -0.25) is 4.99 Å². The van der Waals surface area contributed by atoms with Gasteiger partial charge >= 0.3 is 5.97 Å². The number of aromatic carboxylic acids is 1. The fourth-order valence-corrected chi connectivity index (χ4v) is 3.28. The summed E-state index contributed by atoms with van der Waals surface area (Å²) in [4.78, 5) is 20.7. The van der Waals surface area contributed by atoms with Gasteiger partial charge in [0, 0.05) is 16.8 Å². The van der Waals surface area contributed by atoms with Gasteiger partial charge in [0.2, 0.25) is 0 Å². The number of para-hydroxylation sites is 2. The van der Waals surface area contributed by atoms with Crippen LogP contribution in [0, 0.1) is 0 Å². The second-order valence-electron chi connectivity index (χ2n) is 6.66. The minimum absolute atomic E-state index is 0.178. The first-order chi connectivity index (χ1) is 14.6. The molecule has 148 valence electrons. The van der Waals surface area contributed by atoms with E-state index >= 15 is 0 Å². The average Bonchev–Trinajstić information content (AvgIpc) is 2.93. The summed E-state index contributed by atoms with van der Waals surface area (Å²) in [7, 11) is 0. The average molecular weight is 416 g/mol. The highest BCUT2D eigenvalue weighted by Crippen LogP contribution is 2.25. The van der Waals surface area contributed by atoms with Crippen LogP contribution in [0.15, 0.2) is 100 Å². The number of carboxylic acids is 1. The Morgan fingerprint density at radius 1 is 1.10 bits per heavy atom. The minimum atomic E-state index is -1.00. The van der Waals surface area contributed by atoms with Crippen molar-refractivity contribution in [2.45, 2.75) is 6.42 Å². The number of pyridine rings is 1. The fraction of sp³-hybridized carbons (Fsp3) is 0.0417. The number of nitrogens with zero attached hydrogens (tertiary/aromatic N) is 2. The van der Waals surface area contributed by atoms with Crippen LogP contribution in [0.5, 0.6) is 0 Å². The van der Waals surface area contributed by atoms with Crippen LogP contribution in [0.4, 0.5) is 5.69 Å². The smallest absolute Gasteiger partial charge is 0.337 e. The van der Waals surface area contributed by atoms with Gasteiger partial charge < -0.3 is 10.4 Å². The van der Waals surface area contributed by atoms with Gasteiger partial charge in [0.15, 0.2) is 0 Å². The quantitative estimate of drug-likeness (QED) is 0.519. The Morgan fingerprint density at radius 2 is 1.90 bits per heavy atom. The van der Waals surface area contributed by atoms with Crippen molar-refractivity contribution in [3.05, 3.63) is 107 Å². The zero-order valence-corrected chi connectivity index (χ0v) is 16.7. The molecule has 0 radical (unpaired) electrons. The number of carboxylic acid groups (broad SMARTS) is 1. The molecular weight excluding hydrogens is 398 g/mol. The summed E-state index contributed by atoms with van der Waals surface area (Å²) in [6.07, 6.45) is 7.77. The molecule has 1 aliphatic rings. The van der Waals surface area contributed by atoms with Crippen LogP contribution in [-0.4, -0.2) is 22.3 Å². The first-order valence-corrected chi connectivity index (χ1v) is 9.74. The normalized spacial score (nSPS) is 14.1. The molecule has 30 heavy (non-hydrogen) atoms. The number of rotatable bonds is 5. The van der Waals surface area contributed by atoms with E-state index in [0.29, 0.717) is 34.2 Å². The van der Waals surface area contributed by atoms with Gasteiger partial charge in [0.25, 0.3) is 0 Å². The number of benzene rings is 2. The molecule has 1 aromatic heterocycles. The van der Waals surface area contributed by atoms with Gasteiger partial charge in [-0.25, -0.2) is 9.78 Å². The SMILES string of the molecule is O=C(O)c1ccccc1NC1=C(N=Cc2ccc3ccccc3n2)C=C(Cl)CC=C1. The lowest BCUT2D eigenvalue weighted by molar-refractivity contribution is 0.0698. The Bertz CT molecular complexity index is 1240. The maximum Gasteiger partial charge on any atom is 0.337 e. The molecule has 0 fully saturated rings. The van der Waals surface area contributed by atoms with Crippen LogP contribution >= 0.6 is 11.6 Å². The molecule has 0 bridgehead atoms. The van der Waals surface area contributed by atoms with Crippen LogP contribution in [-0.2, 0) is 0 Å². The summed E-state index contributed by atoms with van der Waals surface area (Å²) in [5.74, 6) is -1.00. The van der Waals surface area contributed by atoms with Crippen molar-refractivity contribution in [3.8, 4) is 0 Å². The number of aromatic nitrogens is 1. The predicted octanol–water partition coefficient (Wildman–Crippen LogP) is 5.76. The van der Waals surface area contributed by atoms with Crippen molar-refractivity contribution >= 4 is 40.4 Å². The monoisotopic (exact) mass is 415 g/mol.